The predicted octanol–water partition coefficient (Wildman–Crippen LogP) is 7.22. The van der Waals surface area contributed by atoms with Gasteiger partial charge in [0.05, 0.1) is 10.0 Å². The maximum Gasteiger partial charge on any atom is 0.257 e. The highest BCUT2D eigenvalue weighted by Crippen LogP contribution is 2.36. The number of aryl methyl sites for hydroxylation is 1. The van der Waals surface area contributed by atoms with Crippen molar-refractivity contribution in [1.29, 1.82) is 0 Å². The van der Waals surface area contributed by atoms with Crippen molar-refractivity contribution in [3.8, 4) is 11.3 Å². The lowest BCUT2D eigenvalue weighted by molar-refractivity contribution is 0.0952. The van der Waals surface area contributed by atoms with E-state index in [1.54, 1.807) is 25.1 Å². The third kappa shape index (κ3) is 6.52. The summed E-state index contributed by atoms with van der Waals surface area (Å²) < 4.78 is 5.25. The zero-order valence-electron chi connectivity index (χ0n) is 16.8. The molecule has 0 aliphatic heterocycles. The first-order valence-corrected chi connectivity index (χ1v) is 11.0. The van der Waals surface area contributed by atoms with Crippen molar-refractivity contribution in [3.05, 3.63) is 39.6 Å². The van der Waals surface area contributed by atoms with Crippen molar-refractivity contribution >= 4 is 29.1 Å². The Morgan fingerprint density at radius 3 is 2.18 bits per heavy atom. The topological polar surface area (TPSA) is 55.1 Å². The maximum absolute atomic E-state index is 12.7. The van der Waals surface area contributed by atoms with Gasteiger partial charge in [0.2, 0.25) is 0 Å². The first kappa shape index (κ1) is 22.8. The molecule has 0 fully saturated rings. The molecule has 0 atom stereocenters. The Morgan fingerprint density at radius 1 is 1.00 bits per heavy atom. The second-order valence-corrected chi connectivity index (χ2v) is 7.96. The molecule has 1 aromatic heterocycles. The van der Waals surface area contributed by atoms with E-state index in [1.165, 1.54) is 44.9 Å². The summed E-state index contributed by atoms with van der Waals surface area (Å²) >= 11 is 12.5. The van der Waals surface area contributed by atoms with Gasteiger partial charge in [-0.1, -0.05) is 92.7 Å². The van der Waals surface area contributed by atoms with Gasteiger partial charge in [-0.3, -0.25) is 4.79 Å². The van der Waals surface area contributed by atoms with Gasteiger partial charge in [-0.25, -0.2) is 0 Å². The van der Waals surface area contributed by atoms with Gasteiger partial charge in [0.15, 0.2) is 0 Å². The molecule has 0 saturated carbocycles. The fourth-order valence-electron chi connectivity index (χ4n) is 3.26. The van der Waals surface area contributed by atoms with E-state index in [0.717, 1.165) is 12.8 Å². The summed E-state index contributed by atoms with van der Waals surface area (Å²) in [7, 11) is 0. The molecule has 154 valence electrons. The number of rotatable bonds is 12. The Kier molecular flexibility index (Phi) is 9.86. The van der Waals surface area contributed by atoms with Gasteiger partial charge in [-0.05, 0) is 25.5 Å². The lowest BCUT2D eigenvalue weighted by atomic mass is 10.1. The summed E-state index contributed by atoms with van der Waals surface area (Å²) in [5.74, 6) is 0.250. The predicted molar refractivity (Wildman–Crippen MR) is 116 cm³/mol. The summed E-state index contributed by atoms with van der Waals surface area (Å²) in [5.41, 5.74) is 1.31. The Bertz CT molecular complexity index is 739. The van der Waals surface area contributed by atoms with Crippen LogP contribution < -0.4 is 5.32 Å². The highest BCUT2D eigenvalue weighted by Gasteiger charge is 2.24. The molecule has 1 aromatic carbocycles. The quantitative estimate of drug-likeness (QED) is 0.365. The van der Waals surface area contributed by atoms with Crippen molar-refractivity contribution in [2.75, 3.05) is 6.54 Å². The van der Waals surface area contributed by atoms with Crippen LogP contribution in [0.25, 0.3) is 11.3 Å². The molecule has 0 aliphatic rings. The van der Waals surface area contributed by atoms with Gasteiger partial charge in [-0.2, -0.15) is 0 Å². The van der Waals surface area contributed by atoms with Crippen LogP contribution in [0.5, 0.6) is 0 Å². The zero-order chi connectivity index (χ0) is 20.4. The van der Waals surface area contributed by atoms with E-state index >= 15 is 0 Å². The average molecular weight is 425 g/mol. The molecule has 2 rings (SSSR count). The fraction of sp³-hybridized carbons (Fsp3) is 0.545. The van der Waals surface area contributed by atoms with Crippen LogP contribution in [0, 0.1) is 6.92 Å². The Morgan fingerprint density at radius 2 is 1.57 bits per heavy atom. The minimum atomic E-state index is -0.204. The van der Waals surface area contributed by atoms with Gasteiger partial charge >= 0.3 is 0 Å². The number of hydrogen-bond acceptors (Lipinski definition) is 3. The summed E-state index contributed by atoms with van der Waals surface area (Å²) in [6.07, 6.45) is 11.2. The fourth-order valence-corrected chi connectivity index (χ4v) is 3.84. The zero-order valence-corrected chi connectivity index (χ0v) is 18.3. The van der Waals surface area contributed by atoms with Crippen molar-refractivity contribution in [3.63, 3.8) is 0 Å². The molecule has 1 amide bonds. The van der Waals surface area contributed by atoms with Crippen LogP contribution >= 0.6 is 23.2 Å². The second-order valence-electron chi connectivity index (χ2n) is 7.14. The maximum atomic E-state index is 12.7. The van der Waals surface area contributed by atoms with E-state index in [1.807, 2.05) is 0 Å². The van der Waals surface area contributed by atoms with E-state index in [9.17, 15) is 4.79 Å². The molecule has 2 aromatic rings. The number of nitrogens with zero attached hydrogens (tertiary/aromatic N) is 1. The summed E-state index contributed by atoms with van der Waals surface area (Å²) in [6, 6.07) is 5.19. The smallest absolute Gasteiger partial charge is 0.257 e. The Labute approximate surface area is 178 Å². The molecular weight excluding hydrogens is 395 g/mol. The number of halogens is 2. The normalized spacial score (nSPS) is 11.0. The highest BCUT2D eigenvalue weighted by atomic mass is 35.5. The van der Waals surface area contributed by atoms with E-state index in [4.69, 9.17) is 27.7 Å². The Balaban J connectivity index is 1.82. The number of unbranched alkanes of at least 4 members (excludes halogenated alkanes) is 8. The van der Waals surface area contributed by atoms with Gasteiger partial charge in [0.25, 0.3) is 5.91 Å². The number of amides is 1. The molecule has 4 nitrogen and oxygen atoms in total. The standard InChI is InChI=1S/C22H30Cl2N2O2/c1-3-4-5-6-7-8-9-10-11-15-25-22(27)19-16(2)28-26-21(19)20-17(23)13-12-14-18(20)24/h12-14H,3-11,15H2,1-2H3,(H,25,27). The molecule has 1 heterocycles. The van der Waals surface area contributed by atoms with Gasteiger partial charge in [-0.15, -0.1) is 0 Å². The van der Waals surface area contributed by atoms with Crippen LogP contribution in [0.15, 0.2) is 22.7 Å². The number of nitrogens with one attached hydrogen (secondary N) is 1. The van der Waals surface area contributed by atoms with Gasteiger partial charge in [0.1, 0.15) is 17.0 Å². The van der Waals surface area contributed by atoms with E-state index in [-0.39, 0.29) is 5.91 Å². The Hall–Kier alpha value is -1.52. The lowest BCUT2D eigenvalue weighted by Gasteiger charge is -2.08. The number of hydrogen-bond donors (Lipinski definition) is 1. The van der Waals surface area contributed by atoms with Crippen molar-refractivity contribution in [1.82, 2.24) is 10.5 Å². The van der Waals surface area contributed by atoms with Crippen molar-refractivity contribution in [2.45, 2.75) is 71.6 Å². The molecule has 0 radical (unpaired) electrons. The average Bonchev–Trinajstić information content (AvgIpc) is 3.04. The van der Waals surface area contributed by atoms with Gasteiger partial charge in [0, 0.05) is 12.1 Å². The molecule has 6 heteroatoms. The number of carbonyl (C=O) groups is 1. The van der Waals surface area contributed by atoms with Crippen molar-refractivity contribution < 1.29 is 9.32 Å². The van der Waals surface area contributed by atoms with E-state index in [2.05, 4.69) is 17.4 Å². The molecule has 1 N–H and O–H groups in total. The van der Waals surface area contributed by atoms with Gasteiger partial charge < -0.3 is 9.84 Å². The molecule has 0 saturated heterocycles. The minimum Gasteiger partial charge on any atom is -0.360 e. The van der Waals surface area contributed by atoms with Crippen LogP contribution in [0.3, 0.4) is 0 Å². The van der Waals surface area contributed by atoms with Crippen molar-refractivity contribution in [2.24, 2.45) is 0 Å². The first-order chi connectivity index (χ1) is 13.6. The van der Waals surface area contributed by atoms with Crippen LogP contribution in [0.1, 0.15) is 80.8 Å². The van der Waals surface area contributed by atoms with Crippen LogP contribution in [0.2, 0.25) is 10.0 Å². The van der Waals surface area contributed by atoms with E-state index < -0.39 is 0 Å². The molecular formula is C22H30Cl2N2O2. The molecule has 28 heavy (non-hydrogen) atoms. The molecule has 0 unspecified atom stereocenters. The first-order valence-electron chi connectivity index (χ1n) is 10.2. The molecule has 0 bridgehead atoms. The minimum absolute atomic E-state index is 0.204. The second kappa shape index (κ2) is 12.1. The lowest BCUT2D eigenvalue weighted by Crippen LogP contribution is -2.25. The third-order valence-corrected chi connectivity index (χ3v) is 5.49. The number of carbonyl (C=O) groups excluding carboxylic acids is 1. The summed E-state index contributed by atoms with van der Waals surface area (Å²) in [5, 5.41) is 7.87. The number of benzene rings is 1. The summed E-state index contributed by atoms with van der Waals surface area (Å²) in [6.45, 7) is 4.59. The monoisotopic (exact) mass is 424 g/mol. The third-order valence-electron chi connectivity index (χ3n) is 4.86. The molecule has 0 aliphatic carbocycles. The molecule has 0 spiro atoms. The van der Waals surface area contributed by atoms with Crippen LogP contribution in [-0.4, -0.2) is 17.6 Å². The largest absolute Gasteiger partial charge is 0.360 e. The SMILES string of the molecule is CCCCCCCCCCCNC(=O)c1c(-c2c(Cl)cccc2Cl)noc1C. The number of aromatic nitrogens is 1. The van der Waals surface area contributed by atoms with Crippen LogP contribution in [0.4, 0.5) is 0 Å². The highest BCUT2D eigenvalue weighted by molar-refractivity contribution is 6.39. The van der Waals surface area contributed by atoms with E-state index in [0.29, 0.717) is 39.2 Å². The summed E-state index contributed by atoms with van der Waals surface area (Å²) in [4.78, 5) is 12.7. The van der Waals surface area contributed by atoms with Crippen LogP contribution in [-0.2, 0) is 0 Å².